The number of aldehydes is 1. The molecule has 0 aliphatic heterocycles. The molecule has 0 fully saturated rings. The van der Waals surface area contributed by atoms with Gasteiger partial charge in [0.15, 0.2) is 6.29 Å². The zero-order chi connectivity index (χ0) is 9.47. The van der Waals surface area contributed by atoms with Crippen molar-refractivity contribution in [3.05, 3.63) is 34.9 Å². The van der Waals surface area contributed by atoms with Gasteiger partial charge in [0.05, 0.1) is 0 Å². The first-order valence-corrected chi connectivity index (χ1v) is 4.44. The van der Waals surface area contributed by atoms with Crippen LogP contribution in [0, 0.1) is 6.92 Å². The maximum Gasteiger partial charge on any atom is 0.156 e. The molecule has 1 N–H and O–H groups in total. The number of aliphatic hydroxyl groups is 1. The molecule has 0 saturated carbocycles. The minimum atomic E-state index is -1.22. The van der Waals surface area contributed by atoms with E-state index in [1.165, 1.54) is 0 Å². The van der Waals surface area contributed by atoms with Crippen molar-refractivity contribution in [2.45, 2.75) is 25.4 Å². The molecule has 1 aliphatic carbocycles. The molecule has 1 aromatic carbocycles. The van der Waals surface area contributed by atoms with E-state index in [4.69, 9.17) is 0 Å². The zero-order valence-electron chi connectivity index (χ0n) is 7.58. The Kier molecular flexibility index (Phi) is 1.74. The number of hydrogen-bond acceptors (Lipinski definition) is 2. The minimum absolute atomic E-state index is 0.523. The van der Waals surface area contributed by atoms with Crippen LogP contribution >= 0.6 is 0 Å². The van der Waals surface area contributed by atoms with Gasteiger partial charge in [-0.2, -0.15) is 0 Å². The molecule has 1 atom stereocenters. The van der Waals surface area contributed by atoms with E-state index in [9.17, 15) is 9.90 Å². The highest BCUT2D eigenvalue weighted by Crippen LogP contribution is 2.35. The van der Waals surface area contributed by atoms with Gasteiger partial charge in [0.1, 0.15) is 5.60 Å². The van der Waals surface area contributed by atoms with E-state index < -0.39 is 5.60 Å². The first kappa shape index (κ1) is 8.45. The fourth-order valence-electron chi connectivity index (χ4n) is 1.89. The van der Waals surface area contributed by atoms with E-state index in [1.807, 2.05) is 25.1 Å². The zero-order valence-corrected chi connectivity index (χ0v) is 7.58. The second kappa shape index (κ2) is 2.67. The molecule has 0 bridgehead atoms. The lowest BCUT2D eigenvalue weighted by Crippen LogP contribution is -2.23. The summed E-state index contributed by atoms with van der Waals surface area (Å²) in [6.07, 6.45) is 1.97. The van der Waals surface area contributed by atoms with Crippen molar-refractivity contribution in [1.29, 1.82) is 0 Å². The van der Waals surface area contributed by atoms with Crippen molar-refractivity contribution >= 4 is 6.29 Å². The number of carbonyl (C=O) groups excluding carboxylic acids is 1. The van der Waals surface area contributed by atoms with E-state index in [0.29, 0.717) is 12.7 Å². The van der Waals surface area contributed by atoms with Crippen LogP contribution in [0.1, 0.15) is 23.1 Å². The van der Waals surface area contributed by atoms with Crippen molar-refractivity contribution < 1.29 is 9.90 Å². The summed E-state index contributed by atoms with van der Waals surface area (Å²) < 4.78 is 0. The van der Waals surface area contributed by atoms with E-state index in [0.717, 1.165) is 23.1 Å². The summed E-state index contributed by atoms with van der Waals surface area (Å²) in [6.45, 7) is 1.96. The van der Waals surface area contributed by atoms with Crippen molar-refractivity contribution in [3.8, 4) is 0 Å². The molecule has 1 aromatic rings. The largest absolute Gasteiger partial charge is 0.378 e. The Bertz CT molecular complexity index is 357. The normalized spacial score (nSPS) is 25.7. The quantitative estimate of drug-likeness (QED) is 0.655. The molecule has 2 heteroatoms. The summed E-state index contributed by atoms with van der Waals surface area (Å²) in [7, 11) is 0. The van der Waals surface area contributed by atoms with Gasteiger partial charge < -0.3 is 5.11 Å². The summed E-state index contributed by atoms with van der Waals surface area (Å²) in [4.78, 5) is 10.8. The molecule has 0 heterocycles. The van der Waals surface area contributed by atoms with Gasteiger partial charge in [0.25, 0.3) is 0 Å². The summed E-state index contributed by atoms with van der Waals surface area (Å²) in [5.41, 5.74) is 1.75. The first-order chi connectivity index (χ1) is 6.15. The van der Waals surface area contributed by atoms with Gasteiger partial charge in [-0.05, 0) is 30.9 Å². The van der Waals surface area contributed by atoms with Crippen LogP contribution < -0.4 is 0 Å². The van der Waals surface area contributed by atoms with E-state index in [-0.39, 0.29) is 0 Å². The maximum atomic E-state index is 10.8. The molecule has 0 aromatic heterocycles. The average molecular weight is 176 g/mol. The van der Waals surface area contributed by atoms with Gasteiger partial charge in [0.2, 0.25) is 0 Å². The molecular weight excluding hydrogens is 164 g/mol. The van der Waals surface area contributed by atoms with Gasteiger partial charge >= 0.3 is 0 Å². The number of rotatable bonds is 1. The lowest BCUT2D eigenvalue weighted by molar-refractivity contribution is -0.124. The Morgan fingerprint density at radius 2 is 2.31 bits per heavy atom. The standard InChI is InChI=1S/C11H12O2/c1-8-2-3-9-4-5-11(13,7-12)10(9)6-8/h2-3,6-7,13H,4-5H2,1H3. The molecule has 1 unspecified atom stereocenters. The molecule has 2 rings (SSSR count). The SMILES string of the molecule is Cc1ccc2c(c1)C(O)(C=O)CC2. The van der Waals surface area contributed by atoms with Gasteiger partial charge in [-0.15, -0.1) is 0 Å². The van der Waals surface area contributed by atoms with Crippen molar-refractivity contribution in [2.24, 2.45) is 0 Å². The number of fused-ring (bicyclic) bond motifs is 1. The number of hydrogen-bond donors (Lipinski definition) is 1. The van der Waals surface area contributed by atoms with Crippen LogP contribution in [-0.4, -0.2) is 11.4 Å². The van der Waals surface area contributed by atoms with Crippen LogP contribution in [0.4, 0.5) is 0 Å². The third-order valence-corrected chi connectivity index (χ3v) is 2.70. The van der Waals surface area contributed by atoms with Crippen molar-refractivity contribution in [3.63, 3.8) is 0 Å². The van der Waals surface area contributed by atoms with E-state index >= 15 is 0 Å². The third-order valence-electron chi connectivity index (χ3n) is 2.70. The average Bonchev–Trinajstić information content (AvgIpc) is 2.45. The predicted octanol–water partition coefficient (Wildman–Crippen LogP) is 1.33. The van der Waals surface area contributed by atoms with Crippen LogP contribution in [0.25, 0.3) is 0 Å². The molecule has 0 spiro atoms. The first-order valence-electron chi connectivity index (χ1n) is 4.44. The Morgan fingerprint density at radius 3 is 3.00 bits per heavy atom. The molecule has 13 heavy (non-hydrogen) atoms. The van der Waals surface area contributed by atoms with Crippen LogP contribution in [0.3, 0.4) is 0 Å². The Morgan fingerprint density at radius 1 is 1.54 bits per heavy atom. The van der Waals surface area contributed by atoms with Crippen LogP contribution in [0.15, 0.2) is 18.2 Å². The second-order valence-corrected chi connectivity index (χ2v) is 3.70. The van der Waals surface area contributed by atoms with Gasteiger partial charge in [0, 0.05) is 0 Å². The maximum absolute atomic E-state index is 10.8. The van der Waals surface area contributed by atoms with Crippen LogP contribution in [0.5, 0.6) is 0 Å². The molecule has 0 amide bonds. The Hall–Kier alpha value is -1.15. The number of carbonyl (C=O) groups is 1. The molecule has 0 saturated heterocycles. The monoisotopic (exact) mass is 176 g/mol. The highest BCUT2D eigenvalue weighted by atomic mass is 16.3. The molecular formula is C11H12O2. The molecule has 68 valence electrons. The molecule has 0 radical (unpaired) electrons. The van der Waals surface area contributed by atoms with Gasteiger partial charge in [-0.3, -0.25) is 4.79 Å². The number of benzene rings is 1. The molecule has 2 nitrogen and oxygen atoms in total. The van der Waals surface area contributed by atoms with Crippen LogP contribution in [0.2, 0.25) is 0 Å². The summed E-state index contributed by atoms with van der Waals surface area (Å²) >= 11 is 0. The topological polar surface area (TPSA) is 37.3 Å². The summed E-state index contributed by atoms with van der Waals surface area (Å²) in [5.74, 6) is 0. The number of aryl methyl sites for hydroxylation is 2. The molecule has 1 aliphatic rings. The summed E-state index contributed by atoms with van der Waals surface area (Å²) in [6, 6.07) is 5.90. The lowest BCUT2D eigenvalue weighted by atomic mass is 9.96. The van der Waals surface area contributed by atoms with Gasteiger partial charge in [-0.25, -0.2) is 0 Å². The second-order valence-electron chi connectivity index (χ2n) is 3.70. The Labute approximate surface area is 77.2 Å². The predicted molar refractivity (Wildman–Crippen MR) is 49.5 cm³/mol. The smallest absolute Gasteiger partial charge is 0.156 e. The van der Waals surface area contributed by atoms with Crippen LogP contribution in [-0.2, 0) is 16.8 Å². The Balaban J connectivity index is 2.58. The van der Waals surface area contributed by atoms with Crippen molar-refractivity contribution in [1.82, 2.24) is 0 Å². The van der Waals surface area contributed by atoms with Gasteiger partial charge in [-0.1, -0.05) is 23.8 Å². The highest BCUT2D eigenvalue weighted by molar-refractivity contribution is 5.69. The van der Waals surface area contributed by atoms with Crippen molar-refractivity contribution in [2.75, 3.05) is 0 Å². The van der Waals surface area contributed by atoms with E-state index in [1.54, 1.807) is 0 Å². The third kappa shape index (κ3) is 1.18. The minimum Gasteiger partial charge on any atom is -0.378 e. The summed E-state index contributed by atoms with van der Waals surface area (Å²) in [5, 5.41) is 9.91. The van der Waals surface area contributed by atoms with E-state index in [2.05, 4.69) is 0 Å². The fourth-order valence-corrected chi connectivity index (χ4v) is 1.89. The highest BCUT2D eigenvalue weighted by Gasteiger charge is 2.36. The fraction of sp³-hybridized carbons (Fsp3) is 0.364. The lowest BCUT2D eigenvalue weighted by Gasteiger charge is -2.15.